The van der Waals surface area contributed by atoms with E-state index < -0.39 is 11.8 Å². The van der Waals surface area contributed by atoms with Gasteiger partial charge in [0.2, 0.25) is 0 Å². The van der Waals surface area contributed by atoms with Crippen LogP contribution in [0.3, 0.4) is 0 Å². The lowest BCUT2D eigenvalue weighted by molar-refractivity contribution is -0.136. The molecule has 0 spiro atoms. The van der Waals surface area contributed by atoms with E-state index in [2.05, 4.69) is 20.9 Å². The van der Waals surface area contributed by atoms with Crippen LogP contribution in [-0.4, -0.2) is 29.9 Å². The van der Waals surface area contributed by atoms with Gasteiger partial charge in [-0.1, -0.05) is 24.3 Å². The molecular formula is C15H16N4O2. The standard InChI is InChI=1S/C15H16N4O2/c20-14(15(21)19-12-6-2-1-3-7-12)18-11-10-17-13-8-4-5-9-16-13/h1-9H,10-11H2,(H,16,17)(H,18,20)(H,19,21). The van der Waals surface area contributed by atoms with E-state index in [1.54, 1.807) is 30.5 Å². The quantitative estimate of drug-likeness (QED) is 0.570. The van der Waals surface area contributed by atoms with Gasteiger partial charge in [0, 0.05) is 25.0 Å². The van der Waals surface area contributed by atoms with Crippen LogP contribution in [0, 0.1) is 0 Å². The first-order chi connectivity index (χ1) is 10.3. The molecule has 21 heavy (non-hydrogen) atoms. The molecule has 3 N–H and O–H groups in total. The second kappa shape index (κ2) is 7.64. The molecule has 6 heteroatoms. The SMILES string of the molecule is O=C(NCCNc1ccccn1)C(=O)Nc1ccccc1. The predicted octanol–water partition coefficient (Wildman–Crippen LogP) is 1.25. The fourth-order valence-electron chi connectivity index (χ4n) is 1.62. The molecule has 108 valence electrons. The molecular weight excluding hydrogens is 268 g/mol. The van der Waals surface area contributed by atoms with Gasteiger partial charge >= 0.3 is 11.8 Å². The lowest BCUT2D eigenvalue weighted by atomic mass is 10.3. The van der Waals surface area contributed by atoms with Crippen LogP contribution in [0.15, 0.2) is 54.7 Å². The summed E-state index contributed by atoms with van der Waals surface area (Å²) in [5.74, 6) is -0.624. The first kappa shape index (κ1) is 14.5. The molecule has 1 heterocycles. The minimum absolute atomic E-state index is 0.331. The number of rotatable bonds is 5. The molecule has 0 saturated carbocycles. The van der Waals surface area contributed by atoms with Gasteiger partial charge in [-0.15, -0.1) is 0 Å². The number of carbonyl (C=O) groups is 2. The van der Waals surface area contributed by atoms with Crippen molar-refractivity contribution >= 4 is 23.3 Å². The largest absolute Gasteiger partial charge is 0.368 e. The van der Waals surface area contributed by atoms with E-state index in [1.165, 1.54) is 0 Å². The maximum absolute atomic E-state index is 11.6. The average Bonchev–Trinajstić information content (AvgIpc) is 2.53. The van der Waals surface area contributed by atoms with Crippen molar-refractivity contribution < 1.29 is 9.59 Å². The van der Waals surface area contributed by atoms with E-state index in [0.717, 1.165) is 5.82 Å². The molecule has 6 nitrogen and oxygen atoms in total. The van der Waals surface area contributed by atoms with Crippen molar-refractivity contribution in [2.75, 3.05) is 23.7 Å². The molecule has 2 amide bonds. The molecule has 0 bridgehead atoms. The number of amides is 2. The summed E-state index contributed by atoms with van der Waals surface area (Å²) in [7, 11) is 0. The van der Waals surface area contributed by atoms with E-state index >= 15 is 0 Å². The third kappa shape index (κ3) is 4.94. The van der Waals surface area contributed by atoms with Gasteiger partial charge in [0.05, 0.1) is 0 Å². The molecule has 0 unspecified atom stereocenters. The van der Waals surface area contributed by atoms with Crippen molar-refractivity contribution in [3.63, 3.8) is 0 Å². The topological polar surface area (TPSA) is 83.1 Å². The van der Waals surface area contributed by atoms with E-state index in [-0.39, 0.29) is 0 Å². The Morgan fingerprint density at radius 3 is 2.38 bits per heavy atom. The highest BCUT2D eigenvalue weighted by atomic mass is 16.2. The van der Waals surface area contributed by atoms with Crippen LogP contribution in [0.1, 0.15) is 0 Å². The smallest absolute Gasteiger partial charge is 0.313 e. The molecule has 1 aromatic carbocycles. The van der Waals surface area contributed by atoms with Crippen LogP contribution >= 0.6 is 0 Å². The van der Waals surface area contributed by atoms with Gasteiger partial charge in [-0.05, 0) is 24.3 Å². The summed E-state index contributed by atoms with van der Waals surface area (Å²) < 4.78 is 0. The van der Waals surface area contributed by atoms with Crippen LogP contribution in [0.5, 0.6) is 0 Å². The number of hydrogen-bond acceptors (Lipinski definition) is 4. The van der Waals surface area contributed by atoms with Crippen LogP contribution < -0.4 is 16.0 Å². The number of benzene rings is 1. The van der Waals surface area contributed by atoms with E-state index in [4.69, 9.17) is 0 Å². The zero-order valence-electron chi connectivity index (χ0n) is 11.4. The number of nitrogens with zero attached hydrogens (tertiary/aromatic N) is 1. The highest BCUT2D eigenvalue weighted by molar-refractivity contribution is 6.39. The van der Waals surface area contributed by atoms with Crippen molar-refractivity contribution in [2.24, 2.45) is 0 Å². The Hall–Kier alpha value is -2.89. The first-order valence-electron chi connectivity index (χ1n) is 6.55. The Balaban J connectivity index is 1.68. The zero-order valence-corrected chi connectivity index (χ0v) is 11.4. The highest BCUT2D eigenvalue weighted by Gasteiger charge is 2.12. The fourth-order valence-corrected chi connectivity index (χ4v) is 1.62. The summed E-state index contributed by atoms with van der Waals surface area (Å²) >= 11 is 0. The van der Waals surface area contributed by atoms with Crippen molar-refractivity contribution in [3.8, 4) is 0 Å². The van der Waals surface area contributed by atoms with Gasteiger partial charge in [0.1, 0.15) is 5.82 Å². The van der Waals surface area contributed by atoms with E-state index in [1.807, 2.05) is 24.3 Å². The summed E-state index contributed by atoms with van der Waals surface area (Å²) in [6.07, 6.45) is 1.67. The second-order valence-electron chi connectivity index (χ2n) is 4.22. The van der Waals surface area contributed by atoms with Crippen molar-refractivity contribution in [1.82, 2.24) is 10.3 Å². The third-order valence-corrected chi connectivity index (χ3v) is 2.62. The number of para-hydroxylation sites is 1. The number of aromatic nitrogens is 1. The fraction of sp³-hybridized carbons (Fsp3) is 0.133. The molecule has 2 aromatic rings. The monoisotopic (exact) mass is 284 g/mol. The molecule has 1 aromatic heterocycles. The highest BCUT2D eigenvalue weighted by Crippen LogP contribution is 2.04. The Morgan fingerprint density at radius 1 is 0.905 bits per heavy atom. The second-order valence-corrected chi connectivity index (χ2v) is 4.22. The van der Waals surface area contributed by atoms with Gasteiger partial charge in [0.25, 0.3) is 0 Å². The van der Waals surface area contributed by atoms with Crippen molar-refractivity contribution in [2.45, 2.75) is 0 Å². The Morgan fingerprint density at radius 2 is 1.67 bits per heavy atom. The number of nitrogens with one attached hydrogen (secondary N) is 3. The lowest BCUT2D eigenvalue weighted by Crippen LogP contribution is -2.37. The summed E-state index contributed by atoms with van der Waals surface area (Å²) in [4.78, 5) is 27.3. The molecule has 2 rings (SSSR count). The number of carbonyl (C=O) groups excluding carboxylic acids is 2. The minimum Gasteiger partial charge on any atom is -0.368 e. The number of hydrogen-bond donors (Lipinski definition) is 3. The Bertz CT molecular complexity index is 587. The normalized spacial score (nSPS) is 9.71. The van der Waals surface area contributed by atoms with E-state index in [9.17, 15) is 9.59 Å². The van der Waals surface area contributed by atoms with Crippen LogP contribution in [0.2, 0.25) is 0 Å². The molecule has 0 fully saturated rings. The summed E-state index contributed by atoms with van der Waals surface area (Å²) in [6.45, 7) is 0.818. The lowest BCUT2D eigenvalue weighted by Gasteiger charge is -2.07. The van der Waals surface area contributed by atoms with Gasteiger partial charge in [-0.2, -0.15) is 0 Å². The summed E-state index contributed by atoms with van der Waals surface area (Å²) in [6, 6.07) is 14.3. The van der Waals surface area contributed by atoms with Gasteiger partial charge < -0.3 is 16.0 Å². The Labute approximate surface area is 122 Å². The molecule has 0 aliphatic carbocycles. The molecule has 0 aliphatic rings. The van der Waals surface area contributed by atoms with Gasteiger partial charge in [-0.3, -0.25) is 9.59 Å². The predicted molar refractivity (Wildman–Crippen MR) is 80.8 cm³/mol. The maximum atomic E-state index is 11.6. The van der Waals surface area contributed by atoms with Crippen molar-refractivity contribution in [3.05, 3.63) is 54.7 Å². The number of pyridine rings is 1. The zero-order chi connectivity index (χ0) is 14.9. The average molecular weight is 284 g/mol. The third-order valence-electron chi connectivity index (χ3n) is 2.62. The minimum atomic E-state index is -0.681. The van der Waals surface area contributed by atoms with Crippen LogP contribution in [0.4, 0.5) is 11.5 Å². The molecule has 0 radical (unpaired) electrons. The summed E-state index contributed by atoms with van der Waals surface area (Å²) in [5.41, 5.74) is 0.587. The molecule has 0 saturated heterocycles. The van der Waals surface area contributed by atoms with Crippen LogP contribution in [-0.2, 0) is 9.59 Å². The van der Waals surface area contributed by atoms with Gasteiger partial charge in [0.15, 0.2) is 0 Å². The van der Waals surface area contributed by atoms with Crippen molar-refractivity contribution in [1.29, 1.82) is 0 Å². The Kier molecular flexibility index (Phi) is 5.28. The van der Waals surface area contributed by atoms with Crippen LogP contribution in [0.25, 0.3) is 0 Å². The number of anilines is 2. The summed E-state index contributed by atoms with van der Waals surface area (Å²) in [5, 5.41) is 8.08. The molecule has 0 atom stereocenters. The first-order valence-corrected chi connectivity index (χ1v) is 6.55. The van der Waals surface area contributed by atoms with Gasteiger partial charge in [-0.25, -0.2) is 4.98 Å². The maximum Gasteiger partial charge on any atom is 0.313 e. The molecule has 0 aliphatic heterocycles. The van der Waals surface area contributed by atoms with E-state index in [0.29, 0.717) is 18.8 Å².